The van der Waals surface area contributed by atoms with Crippen LogP contribution in [-0.2, 0) is 41.3 Å². The van der Waals surface area contributed by atoms with Gasteiger partial charge in [0.1, 0.15) is 0 Å². The van der Waals surface area contributed by atoms with E-state index < -0.39 is 0 Å². The molecule has 11 aromatic rings. The average Bonchev–Trinajstić information content (AvgIpc) is 3.92. The molecule has 0 saturated carbocycles. The van der Waals surface area contributed by atoms with Gasteiger partial charge in [0, 0.05) is 38.9 Å². The summed E-state index contributed by atoms with van der Waals surface area (Å²) in [5.41, 5.74) is 23.4. The van der Waals surface area contributed by atoms with Crippen molar-refractivity contribution in [3.8, 4) is 39.1 Å². The summed E-state index contributed by atoms with van der Waals surface area (Å²) >= 11 is 0. The van der Waals surface area contributed by atoms with Crippen LogP contribution in [0.2, 0.25) is 0 Å². The van der Waals surface area contributed by atoms with Crippen molar-refractivity contribution in [3.05, 3.63) is 288 Å². The monoisotopic (exact) mass is 970 g/mol. The molecule has 0 atom stereocenters. The molecule has 0 aliphatic heterocycles. The van der Waals surface area contributed by atoms with Gasteiger partial charge in [-0.1, -0.05) is 197 Å². The number of hydrogen-bond donors (Lipinski definition) is 0. The average molecular weight is 971 g/mol. The van der Waals surface area contributed by atoms with Gasteiger partial charge in [-0.3, -0.25) is 0 Å². The molecule has 364 valence electrons. The Bertz CT molecular complexity index is 3850. The molecular weight excluding hydrogens is 913 g/mol. The Morgan fingerprint density at radius 3 is 1.45 bits per heavy atom. The van der Waals surface area contributed by atoms with Gasteiger partial charge in [-0.05, 0) is 151 Å². The third-order valence-corrected chi connectivity index (χ3v) is 15.0. The number of rotatable bonds is 16. The summed E-state index contributed by atoms with van der Waals surface area (Å²) in [7, 11) is 0. The maximum absolute atomic E-state index is 6.32. The van der Waals surface area contributed by atoms with Gasteiger partial charge in [-0.15, -0.1) is 0 Å². The molecule has 12 rings (SSSR count). The van der Waals surface area contributed by atoms with Crippen LogP contribution in [-0.4, -0.2) is 4.57 Å². The first kappa shape index (κ1) is 47.2. The lowest BCUT2D eigenvalue weighted by Crippen LogP contribution is -2.16. The molecule has 0 radical (unpaired) electrons. The lowest BCUT2D eigenvalue weighted by atomic mass is 9.82. The van der Waals surface area contributed by atoms with Crippen LogP contribution in [0.15, 0.2) is 244 Å². The van der Waals surface area contributed by atoms with Gasteiger partial charge in [0.25, 0.3) is 0 Å². The zero-order valence-corrected chi connectivity index (χ0v) is 42.5. The van der Waals surface area contributed by atoms with Crippen molar-refractivity contribution in [3.63, 3.8) is 0 Å². The molecule has 1 aliphatic carbocycles. The molecule has 4 nitrogen and oxygen atoms in total. The molecular formula is C71H58N2O2. The molecule has 0 fully saturated rings. The molecule has 10 aromatic carbocycles. The second-order valence-corrected chi connectivity index (χ2v) is 20.2. The first-order valence-electron chi connectivity index (χ1n) is 25.9. The summed E-state index contributed by atoms with van der Waals surface area (Å²) in [6.45, 7) is 14.6. The number of fused-ring (bicyclic) bond motifs is 6. The van der Waals surface area contributed by atoms with E-state index in [0.717, 1.165) is 78.3 Å². The van der Waals surface area contributed by atoms with Crippen molar-refractivity contribution in [2.24, 2.45) is 0 Å². The van der Waals surface area contributed by atoms with Gasteiger partial charge in [0.2, 0.25) is 0 Å². The minimum absolute atomic E-state index is 0.124. The van der Waals surface area contributed by atoms with Gasteiger partial charge in [0.05, 0.1) is 37.5 Å². The van der Waals surface area contributed by atoms with Crippen molar-refractivity contribution in [1.29, 1.82) is 0 Å². The number of hydrogen-bond acceptors (Lipinski definition) is 3. The van der Waals surface area contributed by atoms with E-state index in [4.69, 9.17) is 9.47 Å². The van der Waals surface area contributed by atoms with E-state index in [2.05, 4.69) is 267 Å². The molecule has 1 heterocycles. The highest BCUT2D eigenvalue weighted by Gasteiger charge is 2.35. The smallest absolute Gasteiger partial charge is 0.0721 e. The quantitative estimate of drug-likeness (QED) is 0.0965. The molecule has 0 amide bonds. The molecule has 0 bridgehead atoms. The Hall–Kier alpha value is -8.80. The van der Waals surface area contributed by atoms with Crippen molar-refractivity contribution in [1.82, 2.24) is 4.57 Å². The maximum Gasteiger partial charge on any atom is 0.0721 e. The zero-order valence-electron chi connectivity index (χ0n) is 42.5. The van der Waals surface area contributed by atoms with E-state index in [0.29, 0.717) is 26.4 Å². The van der Waals surface area contributed by atoms with Crippen LogP contribution in [0.4, 0.5) is 17.1 Å². The lowest BCUT2D eigenvalue weighted by Gasteiger charge is -2.28. The Morgan fingerprint density at radius 2 is 0.853 bits per heavy atom. The molecule has 0 saturated heterocycles. The fourth-order valence-electron chi connectivity index (χ4n) is 10.9. The molecule has 0 unspecified atom stereocenters. The van der Waals surface area contributed by atoms with Gasteiger partial charge in [-0.25, -0.2) is 0 Å². The predicted molar refractivity (Wildman–Crippen MR) is 314 cm³/mol. The molecule has 4 heteroatoms. The van der Waals surface area contributed by atoms with E-state index >= 15 is 0 Å². The van der Waals surface area contributed by atoms with E-state index in [1.165, 1.54) is 44.2 Å². The summed E-state index contributed by atoms with van der Waals surface area (Å²) in [6.07, 6.45) is 3.72. The molecule has 0 N–H and O–H groups in total. The van der Waals surface area contributed by atoms with Crippen molar-refractivity contribution >= 4 is 51.0 Å². The predicted octanol–water partition coefficient (Wildman–Crippen LogP) is 18.6. The van der Waals surface area contributed by atoms with Crippen molar-refractivity contribution in [2.75, 3.05) is 4.90 Å². The number of aromatic nitrogens is 1. The maximum atomic E-state index is 6.32. The van der Waals surface area contributed by atoms with Crippen LogP contribution in [0.1, 0.15) is 58.4 Å². The topological polar surface area (TPSA) is 26.6 Å². The minimum atomic E-state index is -0.124. The molecule has 0 spiro atoms. The normalized spacial score (nSPS) is 12.4. The van der Waals surface area contributed by atoms with E-state index in [9.17, 15) is 0 Å². The summed E-state index contributed by atoms with van der Waals surface area (Å²) in [6, 6.07) is 83.6. The number of ether oxygens (including phenoxy) is 2. The van der Waals surface area contributed by atoms with E-state index in [1.54, 1.807) is 0 Å². The summed E-state index contributed by atoms with van der Waals surface area (Å²) in [4.78, 5) is 2.40. The largest absolute Gasteiger partial charge is 0.372 e. The standard InChI is InChI=1S/C71H58N2O2/c1-5-49-16-20-51(21-17-49)45-74-47-53-24-32-61(33-25-53)73-69-40-26-54(48-75-46-52-22-18-50(6-2)19-23-52)42-65(69)66-43-58(31-41-70(66)73)57-29-36-60(37-30-57)72(59-34-27-56(28-35-59)55-12-8-7-9-13-55)62-38-39-64-63-14-10-11-15-67(63)71(3,4)68(64)44-62/h5-44H,1-2,45-48H2,3-4H3. The summed E-state index contributed by atoms with van der Waals surface area (Å²) in [5, 5.41) is 2.37. The molecule has 1 aromatic heterocycles. The van der Waals surface area contributed by atoms with Gasteiger partial charge in [-0.2, -0.15) is 0 Å². The first-order chi connectivity index (χ1) is 36.8. The van der Waals surface area contributed by atoms with Crippen molar-refractivity contribution in [2.45, 2.75) is 45.7 Å². The molecule has 1 aliphatic rings. The highest BCUT2D eigenvalue weighted by atomic mass is 16.5. The van der Waals surface area contributed by atoms with Crippen molar-refractivity contribution < 1.29 is 9.47 Å². The second-order valence-electron chi connectivity index (χ2n) is 20.2. The number of nitrogens with zero attached hydrogens (tertiary/aromatic N) is 2. The highest BCUT2D eigenvalue weighted by molar-refractivity contribution is 6.10. The fourth-order valence-corrected chi connectivity index (χ4v) is 10.9. The number of anilines is 3. The fraction of sp³-hybridized carbons (Fsp3) is 0.0986. The third-order valence-electron chi connectivity index (χ3n) is 15.0. The lowest BCUT2D eigenvalue weighted by molar-refractivity contribution is 0.107. The van der Waals surface area contributed by atoms with Crippen LogP contribution in [0.5, 0.6) is 0 Å². The Balaban J connectivity index is 0.881. The van der Waals surface area contributed by atoms with Crippen LogP contribution in [0.25, 0.3) is 73.0 Å². The van der Waals surface area contributed by atoms with E-state index in [-0.39, 0.29) is 5.41 Å². The first-order valence-corrected chi connectivity index (χ1v) is 25.9. The SMILES string of the molecule is C=Cc1ccc(COCc2ccc(-n3c4ccc(COCc5ccc(C=C)cc5)cc4c4cc(-c5ccc(N(c6ccc(-c7ccccc7)cc6)c6ccc7c(c6)C(C)(C)c6ccccc6-7)cc5)ccc43)cc2)cc1. The van der Waals surface area contributed by atoms with Crippen LogP contribution in [0.3, 0.4) is 0 Å². The highest BCUT2D eigenvalue weighted by Crippen LogP contribution is 2.51. The third kappa shape index (κ3) is 9.32. The van der Waals surface area contributed by atoms with Crippen LogP contribution in [0, 0.1) is 0 Å². The van der Waals surface area contributed by atoms with E-state index in [1.807, 2.05) is 12.2 Å². The Morgan fingerprint density at radius 1 is 0.400 bits per heavy atom. The van der Waals surface area contributed by atoms with Gasteiger partial charge >= 0.3 is 0 Å². The number of benzene rings is 10. The van der Waals surface area contributed by atoms with Gasteiger partial charge in [0.15, 0.2) is 0 Å². The summed E-state index contributed by atoms with van der Waals surface area (Å²) in [5.74, 6) is 0. The Labute approximate surface area is 440 Å². The second kappa shape index (κ2) is 20.2. The minimum Gasteiger partial charge on any atom is -0.372 e. The van der Waals surface area contributed by atoms with Gasteiger partial charge < -0.3 is 18.9 Å². The molecule has 75 heavy (non-hydrogen) atoms. The zero-order chi connectivity index (χ0) is 50.9. The summed E-state index contributed by atoms with van der Waals surface area (Å²) < 4.78 is 14.9. The van der Waals surface area contributed by atoms with Crippen LogP contribution < -0.4 is 4.90 Å². The van der Waals surface area contributed by atoms with Crippen LogP contribution >= 0.6 is 0 Å². The Kier molecular flexibility index (Phi) is 12.7.